The molecule has 0 radical (unpaired) electrons. The van der Waals surface area contributed by atoms with Crippen LogP contribution in [0.3, 0.4) is 0 Å². The number of aromatic nitrogens is 1. The quantitative estimate of drug-likeness (QED) is 0.526. The first-order valence-electron chi connectivity index (χ1n) is 11.2. The molecule has 2 aliphatic heterocycles. The van der Waals surface area contributed by atoms with E-state index in [4.69, 9.17) is 9.47 Å². The molecule has 3 aromatic rings. The highest BCUT2D eigenvalue weighted by molar-refractivity contribution is 6.36. The molecule has 2 aliphatic rings. The number of methoxy groups -OCH3 is 2. The van der Waals surface area contributed by atoms with Crippen LogP contribution in [0.4, 0.5) is 5.69 Å². The van der Waals surface area contributed by atoms with Crippen LogP contribution in [-0.2, 0) is 22.6 Å². The first-order chi connectivity index (χ1) is 16.6. The zero-order chi connectivity index (χ0) is 23.7. The van der Waals surface area contributed by atoms with Crippen molar-refractivity contribution >= 4 is 23.1 Å². The molecule has 172 valence electrons. The first-order valence-corrected chi connectivity index (χ1v) is 11.2. The van der Waals surface area contributed by atoms with Crippen LogP contribution in [0.25, 0.3) is 5.57 Å². The summed E-state index contributed by atoms with van der Waals surface area (Å²) in [6, 6.07) is 17.0. The van der Waals surface area contributed by atoms with Crippen LogP contribution in [0.5, 0.6) is 11.5 Å². The van der Waals surface area contributed by atoms with Gasteiger partial charge in [-0.1, -0.05) is 24.3 Å². The highest BCUT2D eigenvalue weighted by Crippen LogP contribution is 2.40. The van der Waals surface area contributed by atoms with Crippen molar-refractivity contribution in [3.63, 3.8) is 0 Å². The molecule has 0 N–H and O–H groups in total. The second kappa shape index (κ2) is 9.02. The molecule has 34 heavy (non-hydrogen) atoms. The average Bonchev–Trinajstić information content (AvgIpc) is 3.13. The maximum atomic E-state index is 13.8. The maximum absolute atomic E-state index is 13.8. The summed E-state index contributed by atoms with van der Waals surface area (Å²) in [5, 5.41) is 0. The number of pyridine rings is 1. The van der Waals surface area contributed by atoms with E-state index in [2.05, 4.69) is 11.1 Å². The van der Waals surface area contributed by atoms with E-state index in [0.29, 0.717) is 34.9 Å². The maximum Gasteiger partial charge on any atom is 0.278 e. The fourth-order valence-electron chi connectivity index (χ4n) is 4.65. The number of benzene rings is 2. The van der Waals surface area contributed by atoms with Gasteiger partial charge in [0, 0.05) is 24.6 Å². The molecule has 3 heterocycles. The molecule has 1 aromatic heterocycles. The number of carbonyl (C=O) groups is 2. The van der Waals surface area contributed by atoms with E-state index >= 15 is 0 Å². The Balaban J connectivity index is 1.65. The summed E-state index contributed by atoms with van der Waals surface area (Å²) in [5.74, 6) is 0.427. The summed E-state index contributed by atoms with van der Waals surface area (Å²) in [6.07, 6.45) is 5.15. The molecule has 0 fully saturated rings. The number of rotatable bonds is 6. The Morgan fingerprint density at radius 2 is 1.68 bits per heavy atom. The van der Waals surface area contributed by atoms with Gasteiger partial charge in [0.05, 0.1) is 26.3 Å². The summed E-state index contributed by atoms with van der Waals surface area (Å²) in [7, 11) is 3.11. The van der Waals surface area contributed by atoms with Gasteiger partial charge in [0.2, 0.25) is 0 Å². The lowest BCUT2D eigenvalue weighted by molar-refractivity contribution is -0.137. The van der Waals surface area contributed by atoms with Gasteiger partial charge >= 0.3 is 0 Å². The zero-order valence-corrected chi connectivity index (χ0v) is 19.2. The molecule has 0 bridgehead atoms. The van der Waals surface area contributed by atoms with Crippen LogP contribution in [0.2, 0.25) is 0 Å². The van der Waals surface area contributed by atoms with Crippen molar-refractivity contribution in [3.05, 3.63) is 89.4 Å². The number of hydrogen-bond donors (Lipinski definition) is 0. The molecule has 2 amide bonds. The number of anilines is 1. The zero-order valence-electron chi connectivity index (χ0n) is 19.2. The van der Waals surface area contributed by atoms with Crippen molar-refractivity contribution in [1.82, 2.24) is 9.88 Å². The summed E-state index contributed by atoms with van der Waals surface area (Å²) >= 11 is 0. The van der Waals surface area contributed by atoms with Crippen molar-refractivity contribution < 1.29 is 19.1 Å². The molecular formula is C27H25N3O4. The summed E-state index contributed by atoms with van der Waals surface area (Å²) in [6.45, 7) is 0.835. The number of hydrogen-bond acceptors (Lipinski definition) is 6. The number of imide groups is 1. The fourth-order valence-corrected chi connectivity index (χ4v) is 4.65. The van der Waals surface area contributed by atoms with Crippen molar-refractivity contribution in [1.29, 1.82) is 0 Å². The Kier molecular flexibility index (Phi) is 5.76. The molecular weight excluding hydrogens is 430 g/mol. The Labute approximate surface area is 198 Å². The van der Waals surface area contributed by atoms with Crippen LogP contribution >= 0.6 is 0 Å². The van der Waals surface area contributed by atoms with Crippen LogP contribution in [0, 0.1) is 0 Å². The topological polar surface area (TPSA) is 72.0 Å². The van der Waals surface area contributed by atoms with Crippen LogP contribution < -0.4 is 14.4 Å². The van der Waals surface area contributed by atoms with E-state index in [-0.39, 0.29) is 18.4 Å². The number of aryl methyl sites for hydroxylation is 1. The second-order valence-corrected chi connectivity index (χ2v) is 8.23. The third-order valence-electron chi connectivity index (χ3n) is 6.29. The van der Waals surface area contributed by atoms with Crippen LogP contribution in [0.15, 0.2) is 72.7 Å². The Morgan fingerprint density at radius 1 is 0.912 bits per heavy atom. The smallest absolute Gasteiger partial charge is 0.278 e. The van der Waals surface area contributed by atoms with Crippen molar-refractivity contribution in [3.8, 4) is 11.5 Å². The number of nitrogens with zero attached hydrogens (tertiary/aromatic N) is 3. The minimum Gasteiger partial charge on any atom is -0.493 e. The Morgan fingerprint density at radius 3 is 2.44 bits per heavy atom. The largest absolute Gasteiger partial charge is 0.493 e. The molecule has 0 spiro atoms. The summed E-state index contributed by atoms with van der Waals surface area (Å²) < 4.78 is 10.9. The first kappa shape index (κ1) is 21.7. The standard InChI is InChI=1S/C27H25N3O4/c1-33-22-10-9-20(16-23(22)34-2)24-25(29-15-5-7-19-6-3-4-8-21(19)29)27(32)30(26(24)31)17-18-11-13-28-14-12-18/h3-4,6,8-14,16H,5,7,15,17H2,1-2H3. The van der Waals surface area contributed by atoms with Gasteiger partial charge in [0.1, 0.15) is 5.70 Å². The van der Waals surface area contributed by atoms with Crippen molar-refractivity contribution in [2.24, 2.45) is 0 Å². The third kappa shape index (κ3) is 3.69. The molecule has 7 heteroatoms. The molecule has 0 unspecified atom stereocenters. The highest BCUT2D eigenvalue weighted by atomic mass is 16.5. The van der Waals surface area contributed by atoms with Gasteiger partial charge in [-0.3, -0.25) is 19.5 Å². The summed E-state index contributed by atoms with van der Waals surface area (Å²) in [4.78, 5) is 34.9. The Hall–Kier alpha value is -4.13. The van der Waals surface area contributed by atoms with Gasteiger partial charge < -0.3 is 14.4 Å². The minimum atomic E-state index is -0.327. The van der Waals surface area contributed by atoms with Crippen molar-refractivity contribution in [2.75, 3.05) is 25.7 Å². The third-order valence-corrected chi connectivity index (χ3v) is 6.29. The number of carbonyl (C=O) groups excluding carboxylic acids is 2. The van der Waals surface area contributed by atoms with E-state index in [1.807, 2.05) is 35.2 Å². The molecule has 0 aliphatic carbocycles. The molecule has 7 nitrogen and oxygen atoms in total. The van der Waals surface area contributed by atoms with Gasteiger partial charge in [-0.2, -0.15) is 0 Å². The normalized spacial score (nSPS) is 15.6. The van der Waals surface area contributed by atoms with E-state index in [9.17, 15) is 9.59 Å². The van der Waals surface area contributed by atoms with Gasteiger partial charge in [-0.15, -0.1) is 0 Å². The van der Waals surface area contributed by atoms with E-state index in [1.165, 1.54) is 10.5 Å². The number of para-hydroxylation sites is 1. The van der Waals surface area contributed by atoms with Gasteiger partial charge in [-0.25, -0.2) is 0 Å². The highest BCUT2D eigenvalue weighted by Gasteiger charge is 2.43. The number of fused-ring (bicyclic) bond motifs is 1. The predicted molar refractivity (Wildman–Crippen MR) is 128 cm³/mol. The second-order valence-electron chi connectivity index (χ2n) is 8.23. The average molecular weight is 456 g/mol. The Bertz CT molecular complexity index is 1290. The lowest BCUT2D eigenvalue weighted by atomic mass is 9.98. The molecule has 5 rings (SSSR count). The van der Waals surface area contributed by atoms with Crippen molar-refractivity contribution in [2.45, 2.75) is 19.4 Å². The number of ether oxygens (including phenoxy) is 2. The van der Waals surface area contributed by atoms with E-state index < -0.39 is 0 Å². The number of amides is 2. The summed E-state index contributed by atoms with van der Waals surface area (Å²) in [5.41, 5.74) is 4.36. The van der Waals surface area contributed by atoms with E-state index in [0.717, 1.165) is 24.1 Å². The van der Waals surface area contributed by atoms with Gasteiger partial charge in [0.15, 0.2) is 11.5 Å². The fraction of sp³-hybridized carbons (Fsp3) is 0.222. The SMILES string of the molecule is COc1ccc(C2=C(N3CCCc4ccccc43)C(=O)N(Cc3ccncc3)C2=O)cc1OC. The van der Waals surface area contributed by atoms with Crippen LogP contribution in [0.1, 0.15) is 23.1 Å². The van der Waals surface area contributed by atoms with Gasteiger partial charge in [-0.05, 0) is 59.9 Å². The lowest BCUT2D eigenvalue weighted by Crippen LogP contribution is -2.36. The monoisotopic (exact) mass is 455 g/mol. The van der Waals surface area contributed by atoms with Crippen LogP contribution in [-0.4, -0.2) is 42.5 Å². The molecule has 0 atom stereocenters. The van der Waals surface area contributed by atoms with Gasteiger partial charge in [0.25, 0.3) is 11.8 Å². The molecule has 0 saturated carbocycles. The predicted octanol–water partition coefficient (Wildman–Crippen LogP) is 3.83. The lowest BCUT2D eigenvalue weighted by Gasteiger charge is -2.32. The molecule has 2 aromatic carbocycles. The van der Waals surface area contributed by atoms with E-state index in [1.54, 1.807) is 44.8 Å². The minimum absolute atomic E-state index is 0.177. The molecule has 0 saturated heterocycles.